The lowest BCUT2D eigenvalue weighted by atomic mass is 9.67. The third kappa shape index (κ3) is 1.35. The molecule has 0 nitrogen and oxygen atoms in total. The molecule has 3 aliphatic rings. The summed E-state index contributed by atoms with van der Waals surface area (Å²) in [5.41, 5.74) is 2.02. The van der Waals surface area contributed by atoms with Crippen LogP contribution in [0.25, 0.3) is 0 Å². The molecule has 4 rings (SSSR count). The van der Waals surface area contributed by atoms with Crippen LogP contribution in [0.1, 0.15) is 48.6 Å². The van der Waals surface area contributed by atoms with Gasteiger partial charge in [0.1, 0.15) is 0 Å². The number of rotatable bonds is 0. The zero-order valence-corrected chi connectivity index (χ0v) is 11.7. The molecule has 0 aromatic heterocycles. The highest BCUT2D eigenvalue weighted by Gasteiger charge is 2.38. The highest BCUT2D eigenvalue weighted by Crippen LogP contribution is 2.54. The Morgan fingerprint density at radius 3 is 1.38 bits per heavy atom. The zero-order chi connectivity index (χ0) is 11.4. The molecule has 0 heterocycles. The van der Waals surface area contributed by atoms with Gasteiger partial charge in [-0.15, -0.1) is 0 Å². The van der Waals surface area contributed by atoms with E-state index in [1.54, 1.807) is 0 Å². The fourth-order valence-electron chi connectivity index (χ4n) is 3.13. The van der Waals surface area contributed by atoms with E-state index in [0.717, 1.165) is 36.8 Å². The van der Waals surface area contributed by atoms with Crippen LogP contribution in [0.15, 0.2) is 8.95 Å². The summed E-state index contributed by atoms with van der Waals surface area (Å²) < 4.78 is 28.0. The summed E-state index contributed by atoms with van der Waals surface area (Å²) in [5, 5.41) is 0. The van der Waals surface area contributed by atoms with E-state index >= 15 is 0 Å². The largest absolute Gasteiger partial charge is 0.202 e. The molecule has 0 atom stereocenters. The van der Waals surface area contributed by atoms with Crippen LogP contribution in [0.4, 0.5) is 8.78 Å². The SMILES string of the molecule is Fc1c(F)c(Br)c2c(c1Br)C1CCC2CC1. The molecule has 0 N–H and O–H groups in total. The van der Waals surface area contributed by atoms with Crippen molar-refractivity contribution in [1.29, 1.82) is 0 Å². The smallest absolute Gasteiger partial charge is 0.174 e. The molecule has 1 aromatic carbocycles. The third-order valence-corrected chi connectivity index (χ3v) is 5.44. The van der Waals surface area contributed by atoms with Gasteiger partial charge in [-0.05, 0) is 80.5 Å². The van der Waals surface area contributed by atoms with Crippen LogP contribution in [-0.2, 0) is 0 Å². The van der Waals surface area contributed by atoms with Gasteiger partial charge < -0.3 is 0 Å². The van der Waals surface area contributed by atoms with E-state index in [2.05, 4.69) is 31.9 Å². The highest BCUT2D eigenvalue weighted by atomic mass is 79.9. The molecule has 3 aliphatic carbocycles. The van der Waals surface area contributed by atoms with Gasteiger partial charge >= 0.3 is 0 Å². The molecule has 0 saturated heterocycles. The van der Waals surface area contributed by atoms with Gasteiger partial charge in [0.2, 0.25) is 0 Å². The average Bonchev–Trinajstić information content (AvgIpc) is 2.34. The van der Waals surface area contributed by atoms with Crippen LogP contribution >= 0.6 is 31.9 Å². The maximum Gasteiger partial charge on any atom is 0.174 e. The molecule has 4 heteroatoms. The van der Waals surface area contributed by atoms with Gasteiger partial charge in [0.15, 0.2) is 11.6 Å². The Balaban J connectivity index is 2.34. The second-order valence-corrected chi connectivity index (χ2v) is 6.22. The van der Waals surface area contributed by atoms with Gasteiger partial charge in [0.25, 0.3) is 0 Å². The van der Waals surface area contributed by atoms with Gasteiger partial charge in [-0.3, -0.25) is 0 Å². The number of hydrogen-bond acceptors (Lipinski definition) is 0. The Bertz CT molecular complexity index is 420. The first-order chi connectivity index (χ1) is 7.61. The minimum Gasteiger partial charge on any atom is -0.202 e. The fraction of sp³-hybridized carbons (Fsp3) is 0.500. The van der Waals surface area contributed by atoms with Gasteiger partial charge in [-0.2, -0.15) is 0 Å². The fourth-order valence-corrected chi connectivity index (χ4v) is 4.56. The van der Waals surface area contributed by atoms with Crippen molar-refractivity contribution in [2.24, 2.45) is 0 Å². The predicted octanol–water partition coefficient (Wildman–Crippen LogP) is 5.24. The Morgan fingerprint density at radius 1 is 0.750 bits per heavy atom. The molecule has 2 bridgehead atoms. The summed E-state index contributed by atoms with van der Waals surface area (Å²) >= 11 is 6.43. The summed E-state index contributed by atoms with van der Waals surface area (Å²) in [5.74, 6) is -0.696. The molecule has 1 aromatic rings. The second kappa shape index (κ2) is 3.77. The van der Waals surface area contributed by atoms with E-state index in [4.69, 9.17) is 0 Å². The Morgan fingerprint density at radius 2 is 1.06 bits per heavy atom. The lowest BCUT2D eigenvalue weighted by Gasteiger charge is -2.39. The molecule has 0 aliphatic heterocycles. The molecular formula is C12H10Br2F2. The van der Waals surface area contributed by atoms with E-state index < -0.39 is 11.6 Å². The molecule has 0 amide bonds. The van der Waals surface area contributed by atoms with Crippen LogP contribution in [0.2, 0.25) is 0 Å². The third-order valence-electron chi connectivity index (χ3n) is 3.88. The van der Waals surface area contributed by atoms with Crippen molar-refractivity contribution in [3.8, 4) is 0 Å². The lowest BCUT2D eigenvalue weighted by molar-refractivity contribution is 0.349. The summed E-state index contributed by atoms with van der Waals surface area (Å²) in [6, 6.07) is 0. The minimum absolute atomic E-state index is 0.345. The van der Waals surface area contributed by atoms with Gasteiger partial charge in [0, 0.05) is 0 Å². The normalized spacial score (nSPS) is 27.0. The maximum atomic E-state index is 13.7. The Hall–Kier alpha value is 0.0400. The predicted molar refractivity (Wildman–Crippen MR) is 65.7 cm³/mol. The standard InChI is InChI=1S/C12H10Br2F2/c13-9-7-5-1-2-6(4-3-5)8(7)10(14)12(16)11(9)15/h5-6H,1-4H2. The van der Waals surface area contributed by atoms with Crippen LogP contribution in [-0.4, -0.2) is 0 Å². The number of halogens is 4. The summed E-state index contributed by atoms with van der Waals surface area (Å²) in [6.07, 6.45) is 4.42. The number of benzene rings is 1. The van der Waals surface area contributed by atoms with E-state index in [9.17, 15) is 8.78 Å². The van der Waals surface area contributed by atoms with Gasteiger partial charge in [-0.25, -0.2) is 8.78 Å². The van der Waals surface area contributed by atoms with Gasteiger partial charge in [-0.1, -0.05) is 0 Å². The average molecular weight is 352 g/mol. The highest BCUT2D eigenvalue weighted by molar-refractivity contribution is 9.11. The lowest BCUT2D eigenvalue weighted by Crippen LogP contribution is -2.23. The van der Waals surface area contributed by atoms with E-state index in [-0.39, 0.29) is 0 Å². The molecule has 86 valence electrons. The topological polar surface area (TPSA) is 0 Å². The van der Waals surface area contributed by atoms with E-state index in [1.807, 2.05) is 0 Å². The van der Waals surface area contributed by atoms with Crippen molar-refractivity contribution in [2.45, 2.75) is 37.5 Å². The first-order valence-electron chi connectivity index (χ1n) is 5.47. The molecule has 1 saturated carbocycles. The van der Waals surface area contributed by atoms with Crippen LogP contribution < -0.4 is 0 Å². The van der Waals surface area contributed by atoms with Crippen LogP contribution in [0, 0.1) is 11.6 Å². The van der Waals surface area contributed by atoms with Crippen molar-refractivity contribution in [2.75, 3.05) is 0 Å². The zero-order valence-electron chi connectivity index (χ0n) is 8.49. The minimum atomic E-state index is -0.752. The molecule has 0 unspecified atom stereocenters. The molecule has 0 radical (unpaired) electrons. The van der Waals surface area contributed by atoms with Crippen LogP contribution in [0.5, 0.6) is 0 Å². The Labute approximate surface area is 110 Å². The molecular weight excluding hydrogens is 342 g/mol. The molecule has 1 fully saturated rings. The van der Waals surface area contributed by atoms with Crippen molar-refractivity contribution >= 4 is 31.9 Å². The van der Waals surface area contributed by atoms with Crippen molar-refractivity contribution in [3.63, 3.8) is 0 Å². The number of fused-ring (bicyclic) bond motifs is 2. The molecule has 16 heavy (non-hydrogen) atoms. The second-order valence-electron chi connectivity index (χ2n) is 4.63. The first kappa shape index (κ1) is 11.1. The van der Waals surface area contributed by atoms with Crippen molar-refractivity contribution in [3.05, 3.63) is 31.7 Å². The van der Waals surface area contributed by atoms with Crippen molar-refractivity contribution < 1.29 is 8.78 Å². The monoisotopic (exact) mass is 350 g/mol. The summed E-state index contributed by atoms with van der Waals surface area (Å²) in [4.78, 5) is 0. The first-order valence-corrected chi connectivity index (χ1v) is 7.05. The molecule has 0 spiro atoms. The van der Waals surface area contributed by atoms with Gasteiger partial charge in [0.05, 0.1) is 8.95 Å². The number of hydrogen-bond donors (Lipinski definition) is 0. The Kier molecular flexibility index (Phi) is 2.63. The van der Waals surface area contributed by atoms with Crippen LogP contribution in [0.3, 0.4) is 0 Å². The summed E-state index contributed by atoms with van der Waals surface area (Å²) in [7, 11) is 0. The van der Waals surface area contributed by atoms with Crippen molar-refractivity contribution in [1.82, 2.24) is 0 Å². The van der Waals surface area contributed by atoms with E-state index in [1.165, 1.54) is 0 Å². The summed E-state index contributed by atoms with van der Waals surface area (Å²) in [6.45, 7) is 0. The maximum absolute atomic E-state index is 13.7. The quantitative estimate of drug-likeness (QED) is 0.442. The van der Waals surface area contributed by atoms with E-state index in [0.29, 0.717) is 20.8 Å².